The van der Waals surface area contributed by atoms with Gasteiger partial charge in [-0.1, -0.05) is 24.3 Å². The molecule has 0 amide bonds. The summed E-state index contributed by atoms with van der Waals surface area (Å²) < 4.78 is 18.6. The van der Waals surface area contributed by atoms with Crippen molar-refractivity contribution in [1.82, 2.24) is 0 Å². The molecule has 0 aliphatic carbocycles. The zero-order valence-electron chi connectivity index (χ0n) is 15.1. The highest BCUT2D eigenvalue weighted by molar-refractivity contribution is 6.63. The van der Waals surface area contributed by atoms with E-state index in [1.54, 1.807) is 0 Å². The van der Waals surface area contributed by atoms with Crippen LogP contribution in [0.15, 0.2) is 36.4 Å². The molecule has 2 aromatic carbocycles. The molecule has 0 spiro atoms. The van der Waals surface area contributed by atoms with Gasteiger partial charge in [0.15, 0.2) is 0 Å². The number of fused-ring (bicyclic) bond motifs is 2. The van der Waals surface area contributed by atoms with Crippen molar-refractivity contribution in [2.45, 2.75) is 51.9 Å². The molecule has 1 saturated heterocycles. The van der Waals surface area contributed by atoms with Gasteiger partial charge in [-0.25, -0.2) is 0 Å². The molecule has 0 atom stereocenters. The van der Waals surface area contributed by atoms with E-state index in [9.17, 15) is 5.11 Å². The van der Waals surface area contributed by atoms with Gasteiger partial charge in [0, 0.05) is 11.9 Å². The van der Waals surface area contributed by atoms with E-state index in [4.69, 9.17) is 14.0 Å². The van der Waals surface area contributed by atoms with Gasteiger partial charge in [0.05, 0.1) is 17.8 Å². The summed E-state index contributed by atoms with van der Waals surface area (Å²) in [7, 11) is -0.446. The second-order valence-electron chi connectivity index (χ2n) is 7.80. The normalized spacial score (nSPS) is 20.0. The number of aliphatic hydroxyl groups excluding tert-OH is 1. The highest BCUT2D eigenvalue weighted by atomic mass is 16.7. The minimum absolute atomic E-state index is 0.0358. The van der Waals surface area contributed by atoms with E-state index >= 15 is 0 Å². The number of aliphatic hydroxyl groups is 1. The highest BCUT2D eigenvalue weighted by Crippen LogP contribution is 2.40. The molecule has 0 saturated carbocycles. The molecule has 4 rings (SSSR count). The summed E-state index contributed by atoms with van der Waals surface area (Å²) in [5.41, 5.74) is 3.24. The molecule has 2 heterocycles. The zero-order valence-corrected chi connectivity index (χ0v) is 15.1. The third-order valence-corrected chi connectivity index (χ3v) is 5.53. The minimum atomic E-state index is -0.446. The molecule has 4 nitrogen and oxygen atoms in total. The molecule has 2 aliphatic heterocycles. The topological polar surface area (TPSA) is 47.9 Å². The number of hydrogen-bond donors (Lipinski definition) is 1. The standard InChI is InChI=1S/C20H23BO4/c1-19(2)20(3,4)25-21(24-19)16-7-5-6-14-11-15-10-13(12-22)8-9-17(15)23-18(14)16/h5-10,22H,11-12H2,1-4H3. The van der Waals surface area contributed by atoms with Crippen molar-refractivity contribution < 1.29 is 19.2 Å². The maximum Gasteiger partial charge on any atom is 0.498 e. The van der Waals surface area contributed by atoms with Crippen LogP contribution in [-0.2, 0) is 22.3 Å². The Morgan fingerprint density at radius 3 is 2.40 bits per heavy atom. The number of para-hydroxylation sites is 1. The summed E-state index contributed by atoms with van der Waals surface area (Å²) >= 11 is 0. The Morgan fingerprint density at radius 1 is 1.00 bits per heavy atom. The van der Waals surface area contributed by atoms with E-state index in [0.29, 0.717) is 0 Å². The number of benzene rings is 2. The lowest BCUT2D eigenvalue weighted by molar-refractivity contribution is 0.00578. The van der Waals surface area contributed by atoms with Crippen molar-refractivity contribution in [1.29, 1.82) is 0 Å². The molecule has 1 fully saturated rings. The van der Waals surface area contributed by atoms with Crippen LogP contribution >= 0.6 is 0 Å². The summed E-state index contributed by atoms with van der Waals surface area (Å²) in [5.74, 6) is 1.65. The molecular weight excluding hydrogens is 315 g/mol. The molecule has 0 aromatic heterocycles. The Labute approximate surface area is 148 Å². The van der Waals surface area contributed by atoms with Crippen molar-refractivity contribution in [3.63, 3.8) is 0 Å². The fraction of sp³-hybridized carbons (Fsp3) is 0.400. The SMILES string of the molecule is CC1(C)OB(c2cccc3c2Oc2ccc(CO)cc2C3)OC1(C)C. The van der Waals surface area contributed by atoms with E-state index in [1.165, 1.54) is 0 Å². The number of ether oxygens (including phenoxy) is 1. The Hall–Kier alpha value is -1.82. The Bertz CT molecular complexity index is 812. The first-order valence-electron chi connectivity index (χ1n) is 8.69. The van der Waals surface area contributed by atoms with Crippen molar-refractivity contribution in [3.8, 4) is 11.5 Å². The number of rotatable bonds is 2. The lowest BCUT2D eigenvalue weighted by Crippen LogP contribution is -2.41. The molecule has 2 aromatic rings. The van der Waals surface area contributed by atoms with Gasteiger partial charge < -0.3 is 19.2 Å². The van der Waals surface area contributed by atoms with Crippen molar-refractivity contribution in [2.24, 2.45) is 0 Å². The first-order chi connectivity index (χ1) is 11.8. The van der Waals surface area contributed by atoms with Gasteiger partial charge in [-0.2, -0.15) is 0 Å². The summed E-state index contributed by atoms with van der Waals surface area (Å²) in [6.07, 6.45) is 0.770. The van der Waals surface area contributed by atoms with Gasteiger partial charge >= 0.3 is 7.12 Å². The average Bonchev–Trinajstić information content (AvgIpc) is 2.79. The van der Waals surface area contributed by atoms with Crippen LogP contribution in [0.4, 0.5) is 0 Å². The molecule has 25 heavy (non-hydrogen) atoms. The molecule has 1 N–H and O–H groups in total. The quantitative estimate of drug-likeness (QED) is 0.729. The second kappa shape index (κ2) is 5.59. The highest BCUT2D eigenvalue weighted by Gasteiger charge is 2.52. The van der Waals surface area contributed by atoms with E-state index in [0.717, 1.165) is 40.1 Å². The third-order valence-electron chi connectivity index (χ3n) is 5.53. The van der Waals surface area contributed by atoms with Crippen LogP contribution in [0.2, 0.25) is 0 Å². The van der Waals surface area contributed by atoms with E-state index in [2.05, 4.69) is 33.8 Å². The summed E-state index contributed by atoms with van der Waals surface area (Å²) in [6, 6.07) is 11.9. The van der Waals surface area contributed by atoms with E-state index < -0.39 is 7.12 Å². The first kappa shape index (κ1) is 16.6. The smallest absolute Gasteiger partial charge is 0.457 e. The van der Waals surface area contributed by atoms with Crippen molar-refractivity contribution >= 4 is 12.6 Å². The predicted octanol–water partition coefficient (Wildman–Crippen LogP) is 3.17. The van der Waals surface area contributed by atoms with Gasteiger partial charge in [-0.05, 0) is 56.5 Å². The number of hydrogen-bond acceptors (Lipinski definition) is 4. The molecule has 0 bridgehead atoms. The van der Waals surface area contributed by atoms with Crippen LogP contribution in [0.3, 0.4) is 0 Å². The van der Waals surface area contributed by atoms with Crippen molar-refractivity contribution in [2.75, 3.05) is 0 Å². The molecule has 0 unspecified atom stereocenters. The van der Waals surface area contributed by atoms with Gasteiger partial charge in [0.1, 0.15) is 11.5 Å². The van der Waals surface area contributed by atoms with Crippen LogP contribution in [0, 0.1) is 0 Å². The molecular formula is C20H23BO4. The van der Waals surface area contributed by atoms with Gasteiger partial charge in [0.25, 0.3) is 0 Å². The molecule has 5 heteroatoms. The van der Waals surface area contributed by atoms with Crippen LogP contribution in [0.25, 0.3) is 0 Å². The van der Waals surface area contributed by atoms with Crippen LogP contribution in [0.1, 0.15) is 44.4 Å². The maximum absolute atomic E-state index is 9.35. The monoisotopic (exact) mass is 338 g/mol. The lowest BCUT2D eigenvalue weighted by Gasteiger charge is -2.32. The molecule has 2 aliphatic rings. The van der Waals surface area contributed by atoms with Crippen LogP contribution in [0.5, 0.6) is 11.5 Å². The summed E-state index contributed by atoms with van der Waals surface area (Å²) in [5, 5.41) is 9.35. The Morgan fingerprint density at radius 2 is 1.72 bits per heavy atom. The van der Waals surface area contributed by atoms with Crippen molar-refractivity contribution in [3.05, 3.63) is 53.1 Å². The Kier molecular flexibility index (Phi) is 3.72. The largest absolute Gasteiger partial charge is 0.498 e. The van der Waals surface area contributed by atoms with Gasteiger partial charge in [0.2, 0.25) is 0 Å². The van der Waals surface area contributed by atoms with E-state index in [-0.39, 0.29) is 17.8 Å². The summed E-state index contributed by atoms with van der Waals surface area (Å²) in [6.45, 7) is 8.24. The second-order valence-corrected chi connectivity index (χ2v) is 7.80. The van der Waals surface area contributed by atoms with Gasteiger partial charge in [-0.15, -0.1) is 0 Å². The zero-order chi connectivity index (χ0) is 17.8. The Balaban J connectivity index is 1.71. The average molecular weight is 338 g/mol. The predicted molar refractivity (Wildman–Crippen MR) is 97.4 cm³/mol. The fourth-order valence-corrected chi connectivity index (χ4v) is 3.31. The minimum Gasteiger partial charge on any atom is -0.457 e. The fourth-order valence-electron chi connectivity index (χ4n) is 3.31. The maximum atomic E-state index is 9.35. The van der Waals surface area contributed by atoms with Crippen LogP contribution < -0.4 is 10.2 Å². The van der Waals surface area contributed by atoms with Gasteiger partial charge in [-0.3, -0.25) is 0 Å². The van der Waals surface area contributed by atoms with Crippen LogP contribution in [-0.4, -0.2) is 23.4 Å². The van der Waals surface area contributed by atoms with E-state index in [1.807, 2.05) is 30.3 Å². The molecule has 0 radical (unpaired) electrons. The lowest BCUT2D eigenvalue weighted by atomic mass is 9.76. The third kappa shape index (κ3) is 2.67. The molecule has 130 valence electrons. The summed E-state index contributed by atoms with van der Waals surface area (Å²) in [4.78, 5) is 0. The first-order valence-corrected chi connectivity index (χ1v) is 8.69.